The molecule has 8 aromatic rings. The van der Waals surface area contributed by atoms with Crippen LogP contribution in [0.1, 0.15) is 234 Å². The highest BCUT2D eigenvalue weighted by Crippen LogP contribution is 3.02. The Morgan fingerprint density at radius 3 is 0.826 bits per heavy atom. The third kappa shape index (κ3) is 28.8. The Hall–Kier alpha value is -9.55. The second-order valence-electron chi connectivity index (χ2n) is 29.8. The van der Waals surface area contributed by atoms with Crippen molar-refractivity contribution in [3.63, 3.8) is 0 Å². The molecule has 0 atom stereocenters. The van der Waals surface area contributed by atoms with Crippen molar-refractivity contribution >= 4 is 47.3 Å². The molecule has 0 spiro atoms. The topological polar surface area (TPSA) is 135 Å². The SMILES string of the molecule is CC(C)c1c(F)c(F)c(S(=O)(=O)C(F)(F)F)c(F)c1F.CC(C)c1c(F)c(F)c(S(C)(=O)=O)c(F)c1F.CC(C)c1c(F)c(F)c(S(F)(F)(F)(F)F)c(F)c1F.CC(C)c1c(F)c(F)c(SC(F)(F)F)c(F)c1F.CC(C)c1c(F)c(F)c([N+](=O)[O-])c(F)c1F.CC(C)c1cc(F)c(C#N)c(F)c1.CC(C)c1cc(F)c(F)c(F)c1.CCCCc1c(F)c(F)c(C(C)C)c(F)c1F. The summed E-state index contributed by atoms with van der Waals surface area (Å²) < 4.78 is 563. The molecule has 8 aromatic carbocycles. The van der Waals surface area contributed by atoms with Gasteiger partial charge in [0.2, 0.25) is 11.6 Å². The molecule has 0 aliphatic carbocycles. The summed E-state index contributed by atoms with van der Waals surface area (Å²) in [7, 11) is -21.8. The van der Waals surface area contributed by atoms with Crippen LogP contribution in [-0.4, -0.2) is 39.0 Å². The predicted molar refractivity (Wildman–Crippen MR) is 403 cm³/mol. The molecular weight excluding hydrogens is 1970 g/mol. The number of benzene rings is 8. The maximum Gasteiger partial charge on any atom is 0.502 e. The van der Waals surface area contributed by atoms with E-state index in [4.69, 9.17) is 5.26 Å². The molecule has 0 amide bonds. The number of nitro benzene ring substituents is 1. The van der Waals surface area contributed by atoms with Gasteiger partial charge in [-0.25, -0.2) is 135 Å². The van der Waals surface area contributed by atoms with E-state index in [0.29, 0.717) is 30.2 Å². The fourth-order valence-corrected chi connectivity index (χ4v) is 13.9. The monoisotopic (exact) mass is 2040 g/mol. The summed E-state index contributed by atoms with van der Waals surface area (Å²) >= 11 is -1.23. The molecule has 52 heteroatoms. The van der Waals surface area contributed by atoms with Crippen molar-refractivity contribution in [2.45, 2.75) is 215 Å². The maximum atomic E-state index is 13.6. The molecule has 132 heavy (non-hydrogen) atoms. The highest BCUT2D eigenvalue weighted by molar-refractivity contribution is 8.45. The molecule has 0 N–H and O–H groups in total. The number of halogens is 40. The minimum atomic E-state index is -10.9. The van der Waals surface area contributed by atoms with Crippen LogP contribution >= 0.6 is 22.0 Å². The summed E-state index contributed by atoms with van der Waals surface area (Å²) in [6.45, 7) is 24.2. The number of nitriles is 1. The van der Waals surface area contributed by atoms with Crippen LogP contribution in [0.5, 0.6) is 0 Å². The Balaban J connectivity index is 0.000000757. The number of hydrogen-bond donors (Lipinski definition) is 0. The molecule has 0 aromatic heterocycles. The van der Waals surface area contributed by atoms with Crippen molar-refractivity contribution in [2.75, 3.05) is 6.26 Å². The second kappa shape index (κ2) is 45.2. The lowest BCUT2D eigenvalue weighted by Gasteiger charge is -2.40. The van der Waals surface area contributed by atoms with Crippen molar-refractivity contribution in [2.24, 2.45) is 0 Å². The van der Waals surface area contributed by atoms with Gasteiger partial charge in [-0.2, -0.15) is 40.4 Å². The van der Waals surface area contributed by atoms with E-state index in [1.54, 1.807) is 13.8 Å². The van der Waals surface area contributed by atoms with E-state index in [0.717, 1.165) is 39.8 Å². The number of hydrogen-bond acceptors (Lipinski definition) is 8. The summed E-state index contributed by atoms with van der Waals surface area (Å²) in [5.41, 5.74) is -18.5. The number of sulfone groups is 2. The van der Waals surface area contributed by atoms with Crippen LogP contribution in [0.4, 0.5) is 179 Å². The van der Waals surface area contributed by atoms with Crippen molar-refractivity contribution < 1.29 is 195 Å². The fraction of sp³-hybridized carbons (Fsp3) is 0.388. The zero-order chi connectivity index (χ0) is 104. The lowest BCUT2D eigenvalue weighted by molar-refractivity contribution is -0.390. The molecule has 742 valence electrons. The average Bonchev–Trinajstić information content (AvgIpc) is 0.698. The van der Waals surface area contributed by atoms with Gasteiger partial charge in [0.05, 0.1) is 9.82 Å². The molecule has 0 bridgehead atoms. The largest absolute Gasteiger partial charge is 0.502 e. The van der Waals surface area contributed by atoms with E-state index in [-0.39, 0.29) is 18.3 Å². The van der Waals surface area contributed by atoms with Crippen molar-refractivity contribution in [1.82, 2.24) is 0 Å². The number of alkyl halides is 6. The molecule has 0 aliphatic heterocycles. The number of nitro groups is 1. The number of nitrogens with zero attached hydrogens (tertiary/aromatic N) is 2. The second-order valence-corrected chi connectivity index (χ2v) is 37.0. The number of rotatable bonds is 16. The average molecular weight is 2050 g/mol. The van der Waals surface area contributed by atoms with E-state index in [2.05, 4.69) is 0 Å². The Kier molecular flexibility index (Phi) is 41.2. The summed E-state index contributed by atoms with van der Waals surface area (Å²) in [6, 6.07) is 5.91. The Morgan fingerprint density at radius 2 is 0.606 bits per heavy atom. The molecule has 0 fully saturated rings. The van der Waals surface area contributed by atoms with Crippen LogP contribution in [0.15, 0.2) is 43.8 Å². The van der Waals surface area contributed by atoms with Gasteiger partial charge in [-0.05, 0) is 107 Å². The lowest BCUT2D eigenvalue weighted by atomic mass is 9.97. The maximum absolute atomic E-state index is 13.6. The highest BCUT2D eigenvalue weighted by atomic mass is 32.5. The third-order valence-corrected chi connectivity index (χ3v) is 21.7. The summed E-state index contributed by atoms with van der Waals surface area (Å²) in [5, 5.41) is 18.6. The van der Waals surface area contributed by atoms with Crippen molar-refractivity contribution in [3.8, 4) is 6.07 Å². The van der Waals surface area contributed by atoms with Gasteiger partial charge in [0.25, 0.3) is 9.84 Å². The molecule has 0 heterocycles. The molecule has 8 rings (SSSR count). The minimum Gasteiger partial charge on any atom is -0.258 e. The smallest absolute Gasteiger partial charge is 0.258 e. The van der Waals surface area contributed by atoms with Crippen molar-refractivity contribution in [1.29, 1.82) is 5.26 Å². The van der Waals surface area contributed by atoms with Crippen LogP contribution in [-0.2, 0) is 26.1 Å². The number of unbranched alkanes of at least 4 members (excludes halogenated alkanes) is 1. The van der Waals surface area contributed by atoms with E-state index in [1.165, 1.54) is 73.6 Å². The minimum absolute atomic E-state index is 0.00500. The van der Waals surface area contributed by atoms with Crippen LogP contribution in [0.2, 0.25) is 0 Å². The quantitative estimate of drug-likeness (QED) is 0.0233. The molecule has 0 saturated heterocycles. The Bertz CT molecular complexity index is 5660. The van der Waals surface area contributed by atoms with Gasteiger partial charge in [-0.1, -0.05) is 144 Å². The zero-order valence-electron chi connectivity index (χ0n) is 70.6. The van der Waals surface area contributed by atoms with E-state index in [1.807, 2.05) is 20.8 Å². The fourth-order valence-electron chi connectivity index (χ4n) is 10.8. The predicted octanol–water partition coefficient (Wildman–Crippen LogP) is 31.6. The lowest BCUT2D eigenvalue weighted by Crippen LogP contribution is -2.27. The van der Waals surface area contributed by atoms with Gasteiger partial charge in [0, 0.05) is 45.2 Å². The first kappa shape index (κ1) is 120. The summed E-state index contributed by atoms with van der Waals surface area (Å²) in [4.78, 5) is -1.04. The summed E-state index contributed by atoms with van der Waals surface area (Å²) in [5.74, 6) is -58.6. The van der Waals surface area contributed by atoms with Crippen LogP contribution in [0.3, 0.4) is 0 Å². The normalized spacial score (nSPS) is 12.4. The van der Waals surface area contributed by atoms with Gasteiger partial charge in [-0.3, -0.25) is 10.1 Å². The Labute approximate surface area is 730 Å². The van der Waals surface area contributed by atoms with Crippen LogP contribution in [0.25, 0.3) is 0 Å². The van der Waals surface area contributed by atoms with Gasteiger partial charge in [-0.15, -0.1) is 0 Å². The molecule has 0 radical (unpaired) electrons. The molecule has 0 unspecified atom stereocenters. The molecule has 0 aliphatic rings. The highest BCUT2D eigenvalue weighted by Gasteiger charge is 2.70. The van der Waals surface area contributed by atoms with Gasteiger partial charge >= 0.3 is 26.9 Å². The third-order valence-electron chi connectivity index (χ3n) is 17.2. The van der Waals surface area contributed by atoms with E-state index in [9.17, 15) is 200 Å². The molecule has 8 nitrogen and oxygen atoms in total. The van der Waals surface area contributed by atoms with Crippen LogP contribution in [0, 0.1) is 190 Å². The van der Waals surface area contributed by atoms with E-state index >= 15 is 0 Å². The van der Waals surface area contributed by atoms with Gasteiger partial charge in [0.15, 0.2) is 165 Å². The van der Waals surface area contributed by atoms with Crippen LogP contribution < -0.4 is 0 Å². The first-order valence-corrected chi connectivity index (χ1v) is 42.8. The first-order valence-electron chi connectivity index (χ1n) is 36.7. The standard InChI is InChI=1S/C13H16F4.C10H7F7O2S.C10H7F7S.C10H10F4O2S.C10H9F2N.C9H7F9S.C9H7F4NO2.C9H9F3/c1-4-5-6-8-10(14)12(16)9(7(2)3)13(17)11(8)15;1-3(2)4-5(11)7(13)9(8(14)6(4)12)20(18,19)10(15,16)17;1-3(2)4-5(11)7(13)9(8(14)6(4)12)18-10(15,16)17;1-4(2)5-6(11)8(13)10(17(3,15)16)9(14)7(5)12;1-6(2)7-3-9(11)8(5-13)10(12)4-7;1-3(2)4-5(10)7(12)9(8(13)6(4)11)19(14,15,16,17)18;1-3(2)4-5(10)7(12)9(14(15)16)8(13)6(4)11;1-5(2)6-3-7(10)9(12)8(11)4-6/h7H,4-6H2,1-3H3;3H,1-2H3;3H,1-2H3;4H,1-3H3;3-4,6H,1-2H3;3H,1-2H3;3H,1-2H3;3-5H,1-2H3. The molecular formula is C80H72F40N2O6S4. The van der Waals surface area contributed by atoms with Gasteiger partial charge in [0.1, 0.15) is 28.2 Å². The summed E-state index contributed by atoms with van der Waals surface area (Å²) in [6.07, 6.45) is 1.69. The van der Waals surface area contributed by atoms with Gasteiger partial charge < -0.3 is 0 Å². The molecule has 0 saturated carbocycles. The first-order chi connectivity index (χ1) is 59.3. The number of thioether (sulfide) groups is 1. The Morgan fingerprint density at radius 1 is 0.364 bits per heavy atom. The zero-order valence-corrected chi connectivity index (χ0v) is 73.9. The van der Waals surface area contributed by atoms with E-state index < -0.39 is 332 Å². The van der Waals surface area contributed by atoms with Crippen molar-refractivity contribution in [3.05, 3.63) is 259 Å².